The lowest BCUT2D eigenvalue weighted by molar-refractivity contribution is -0.0151. The zero-order chi connectivity index (χ0) is 14.8. The molecule has 1 saturated carbocycles. The van der Waals surface area contributed by atoms with Crippen LogP contribution >= 0.6 is 0 Å². The molecule has 0 aromatic rings. The van der Waals surface area contributed by atoms with E-state index < -0.39 is 0 Å². The predicted octanol–water partition coefficient (Wildman–Crippen LogP) is 3.77. The van der Waals surface area contributed by atoms with Crippen LogP contribution in [0.2, 0.25) is 0 Å². The zero-order valence-corrected chi connectivity index (χ0v) is 14.0. The molecule has 0 aliphatic heterocycles. The molecule has 1 aliphatic rings. The Kier molecular flexibility index (Phi) is 8.74. The molecule has 0 amide bonds. The topological polar surface area (TPSA) is 30.5 Å². The van der Waals surface area contributed by atoms with Crippen molar-refractivity contribution in [2.75, 3.05) is 26.9 Å². The highest BCUT2D eigenvalue weighted by Crippen LogP contribution is 2.26. The van der Waals surface area contributed by atoms with Gasteiger partial charge in [-0.3, -0.25) is 0 Å². The Balaban J connectivity index is 2.28. The monoisotopic (exact) mass is 285 g/mol. The van der Waals surface area contributed by atoms with E-state index in [1.807, 2.05) is 0 Å². The molecule has 3 nitrogen and oxygen atoms in total. The highest BCUT2D eigenvalue weighted by atomic mass is 16.5. The number of hydrogen-bond donors (Lipinski definition) is 1. The van der Waals surface area contributed by atoms with Gasteiger partial charge in [-0.15, -0.1) is 0 Å². The third kappa shape index (κ3) is 7.05. The number of hydrogen-bond acceptors (Lipinski definition) is 3. The quantitative estimate of drug-likeness (QED) is 0.620. The molecule has 1 atom stereocenters. The molecule has 1 unspecified atom stereocenters. The van der Waals surface area contributed by atoms with Crippen molar-refractivity contribution in [3.63, 3.8) is 0 Å². The van der Waals surface area contributed by atoms with E-state index in [-0.39, 0.29) is 5.60 Å². The van der Waals surface area contributed by atoms with Crippen molar-refractivity contribution in [3.05, 3.63) is 0 Å². The summed E-state index contributed by atoms with van der Waals surface area (Å²) in [4.78, 5) is 0. The molecule has 3 heteroatoms. The van der Waals surface area contributed by atoms with Crippen LogP contribution in [0.25, 0.3) is 0 Å². The smallest absolute Gasteiger partial charge is 0.0644 e. The molecule has 0 saturated heterocycles. The van der Waals surface area contributed by atoms with Gasteiger partial charge in [0.05, 0.1) is 12.2 Å². The van der Waals surface area contributed by atoms with Crippen molar-refractivity contribution in [3.8, 4) is 0 Å². The van der Waals surface area contributed by atoms with Gasteiger partial charge in [-0.2, -0.15) is 0 Å². The summed E-state index contributed by atoms with van der Waals surface area (Å²) in [6.07, 6.45) is 9.09. The average molecular weight is 285 g/mol. The lowest BCUT2D eigenvalue weighted by Crippen LogP contribution is -2.41. The van der Waals surface area contributed by atoms with E-state index in [2.05, 4.69) is 26.1 Å². The molecule has 20 heavy (non-hydrogen) atoms. The van der Waals surface area contributed by atoms with Gasteiger partial charge in [-0.25, -0.2) is 0 Å². The summed E-state index contributed by atoms with van der Waals surface area (Å²) in [5.41, 5.74) is -0.0722. The van der Waals surface area contributed by atoms with Gasteiger partial charge < -0.3 is 14.8 Å². The Labute approximate surface area is 125 Å². The lowest BCUT2D eigenvalue weighted by Gasteiger charge is -2.31. The second kappa shape index (κ2) is 9.75. The highest BCUT2D eigenvalue weighted by molar-refractivity contribution is 4.79. The molecular weight excluding hydrogens is 250 g/mol. The van der Waals surface area contributed by atoms with E-state index in [1.54, 1.807) is 7.11 Å². The Morgan fingerprint density at radius 2 is 1.90 bits per heavy atom. The SMILES string of the molecule is CCCNC(COCCC(C)(C)OC)C1CCCCC1. The first-order chi connectivity index (χ1) is 9.59. The molecule has 0 radical (unpaired) electrons. The summed E-state index contributed by atoms with van der Waals surface area (Å²) in [5.74, 6) is 0.811. The molecule has 0 heterocycles. The van der Waals surface area contributed by atoms with E-state index in [1.165, 1.54) is 38.5 Å². The van der Waals surface area contributed by atoms with E-state index >= 15 is 0 Å². The molecule has 1 fully saturated rings. The van der Waals surface area contributed by atoms with Gasteiger partial charge in [-0.1, -0.05) is 26.2 Å². The minimum atomic E-state index is -0.0722. The van der Waals surface area contributed by atoms with Crippen molar-refractivity contribution < 1.29 is 9.47 Å². The Morgan fingerprint density at radius 1 is 1.20 bits per heavy atom. The van der Waals surface area contributed by atoms with E-state index in [0.29, 0.717) is 6.04 Å². The van der Waals surface area contributed by atoms with Crippen LogP contribution in [0.3, 0.4) is 0 Å². The van der Waals surface area contributed by atoms with Crippen molar-refractivity contribution >= 4 is 0 Å². The standard InChI is InChI=1S/C17H35NO2/c1-5-12-18-16(15-9-7-6-8-10-15)14-20-13-11-17(2,3)19-4/h15-16,18H,5-14H2,1-4H3. The predicted molar refractivity (Wildman–Crippen MR) is 85.2 cm³/mol. The summed E-state index contributed by atoms with van der Waals surface area (Å²) in [7, 11) is 1.77. The maximum Gasteiger partial charge on any atom is 0.0644 e. The molecule has 0 bridgehead atoms. The zero-order valence-electron chi connectivity index (χ0n) is 14.0. The molecule has 1 aliphatic carbocycles. The van der Waals surface area contributed by atoms with Gasteiger partial charge in [0.15, 0.2) is 0 Å². The number of nitrogens with one attached hydrogen (secondary N) is 1. The second-order valence-corrected chi connectivity index (χ2v) is 6.75. The fourth-order valence-corrected chi connectivity index (χ4v) is 2.86. The first-order valence-corrected chi connectivity index (χ1v) is 8.45. The first kappa shape index (κ1) is 17.9. The van der Waals surface area contributed by atoms with E-state index in [9.17, 15) is 0 Å². The van der Waals surface area contributed by atoms with Crippen LogP contribution in [0.1, 0.15) is 65.7 Å². The van der Waals surface area contributed by atoms with Crippen LogP contribution in [0.5, 0.6) is 0 Å². The number of methoxy groups -OCH3 is 1. The average Bonchev–Trinajstić information content (AvgIpc) is 2.47. The maximum absolute atomic E-state index is 5.94. The highest BCUT2D eigenvalue weighted by Gasteiger charge is 2.23. The van der Waals surface area contributed by atoms with Crippen LogP contribution < -0.4 is 5.32 Å². The van der Waals surface area contributed by atoms with Gasteiger partial charge >= 0.3 is 0 Å². The molecule has 1 N–H and O–H groups in total. The van der Waals surface area contributed by atoms with Crippen LogP contribution in [0.4, 0.5) is 0 Å². The van der Waals surface area contributed by atoms with E-state index in [0.717, 1.165) is 32.1 Å². The third-order valence-electron chi connectivity index (χ3n) is 4.57. The molecular formula is C17H35NO2. The Hall–Kier alpha value is -0.120. The molecule has 0 aromatic heterocycles. The number of ether oxygens (including phenoxy) is 2. The molecule has 0 aromatic carbocycles. The summed E-state index contributed by atoms with van der Waals surface area (Å²) >= 11 is 0. The maximum atomic E-state index is 5.94. The summed E-state index contributed by atoms with van der Waals surface area (Å²) in [6.45, 7) is 9.21. The Bertz CT molecular complexity index is 237. The lowest BCUT2D eigenvalue weighted by atomic mass is 9.84. The van der Waals surface area contributed by atoms with Crippen molar-refractivity contribution in [1.29, 1.82) is 0 Å². The third-order valence-corrected chi connectivity index (χ3v) is 4.57. The molecule has 120 valence electrons. The van der Waals surface area contributed by atoms with Crippen molar-refractivity contribution in [1.82, 2.24) is 5.32 Å². The summed E-state index contributed by atoms with van der Waals surface area (Å²) in [6, 6.07) is 0.543. The molecule has 1 rings (SSSR count). The largest absolute Gasteiger partial charge is 0.380 e. The molecule has 0 spiro atoms. The van der Waals surface area contributed by atoms with Crippen molar-refractivity contribution in [2.45, 2.75) is 77.4 Å². The van der Waals surface area contributed by atoms with Gasteiger partial charge in [0, 0.05) is 19.8 Å². The van der Waals surface area contributed by atoms with Crippen LogP contribution in [-0.2, 0) is 9.47 Å². The van der Waals surface area contributed by atoms with Gasteiger partial charge in [0.2, 0.25) is 0 Å². The van der Waals surface area contributed by atoms with Crippen LogP contribution in [-0.4, -0.2) is 38.5 Å². The van der Waals surface area contributed by atoms with Gasteiger partial charge in [0.25, 0.3) is 0 Å². The normalized spacial score (nSPS) is 19.2. The van der Waals surface area contributed by atoms with Gasteiger partial charge in [-0.05, 0) is 52.0 Å². The minimum absolute atomic E-state index is 0.0722. The van der Waals surface area contributed by atoms with Gasteiger partial charge in [0.1, 0.15) is 0 Å². The van der Waals surface area contributed by atoms with Crippen LogP contribution in [0.15, 0.2) is 0 Å². The minimum Gasteiger partial charge on any atom is -0.380 e. The van der Waals surface area contributed by atoms with Crippen LogP contribution in [0, 0.1) is 5.92 Å². The first-order valence-electron chi connectivity index (χ1n) is 8.45. The van der Waals surface area contributed by atoms with E-state index in [4.69, 9.17) is 9.47 Å². The summed E-state index contributed by atoms with van der Waals surface area (Å²) < 4.78 is 11.4. The second-order valence-electron chi connectivity index (χ2n) is 6.75. The van der Waals surface area contributed by atoms with Crippen molar-refractivity contribution in [2.24, 2.45) is 5.92 Å². The Morgan fingerprint density at radius 3 is 2.50 bits per heavy atom. The number of rotatable bonds is 10. The summed E-state index contributed by atoms with van der Waals surface area (Å²) in [5, 5.41) is 3.69. The fraction of sp³-hybridized carbons (Fsp3) is 1.00. The fourth-order valence-electron chi connectivity index (χ4n) is 2.86.